The van der Waals surface area contributed by atoms with Gasteiger partial charge in [0.2, 0.25) is 0 Å². The van der Waals surface area contributed by atoms with Crippen LogP contribution in [0.4, 0.5) is 0 Å². The normalized spacial score (nSPS) is 10.2. The monoisotopic (exact) mass is 171 g/mol. The lowest BCUT2D eigenvalue weighted by Gasteiger charge is -1.97. The molecule has 0 aliphatic carbocycles. The van der Waals surface area contributed by atoms with E-state index < -0.39 is 5.97 Å². The third-order valence-corrected chi connectivity index (χ3v) is 1.90. The van der Waals surface area contributed by atoms with Gasteiger partial charge in [-0.25, -0.2) is 4.79 Å². The zero-order valence-corrected chi connectivity index (χ0v) is 6.82. The van der Waals surface area contributed by atoms with Crippen LogP contribution in [-0.4, -0.2) is 11.1 Å². The van der Waals surface area contributed by atoms with Gasteiger partial charge in [0.25, 0.3) is 0 Å². The number of rotatable bonds is 1. The van der Waals surface area contributed by atoms with Gasteiger partial charge in [-0.15, -0.1) is 0 Å². The second-order valence-electron chi connectivity index (χ2n) is 2.78. The van der Waals surface area contributed by atoms with Crippen molar-refractivity contribution in [2.24, 2.45) is 0 Å². The number of aromatic carboxylic acids is 1. The van der Waals surface area contributed by atoms with E-state index in [4.69, 9.17) is 5.11 Å². The molecule has 0 bridgehead atoms. The van der Waals surface area contributed by atoms with Crippen molar-refractivity contribution < 1.29 is 9.90 Å². The Kier molecular flexibility index (Phi) is 1.74. The smallest absolute Gasteiger partial charge is 0.335 e. The number of hydrogen-bond acceptors (Lipinski definition) is 1. The lowest BCUT2D eigenvalue weighted by atomic mass is 10.1. The summed E-state index contributed by atoms with van der Waals surface area (Å²) in [6.45, 7) is 0. The summed E-state index contributed by atoms with van der Waals surface area (Å²) >= 11 is 0. The minimum absolute atomic E-state index is 0.277. The summed E-state index contributed by atoms with van der Waals surface area (Å²) in [5.41, 5.74) is 0.277. The minimum Gasteiger partial charge on any atom is -0.478 e. The summed E-state index contributed by atoms with van der Waals surface area (Å²) in [5.74, 6) is -0.915. The van der Waals surface area contributed by atoms with Crippen LogP contribution in [-0.2, 0) is 0 Å². The number of carboxylic acids is 1. The lowest BCUT2D eigenvalue weighted by molar-refractivity contribution is 0.0697. The third kappa shape index (κ3) is 1.38. The van der Waals surface area contributed by atoms with E-state index in [0.29, 0.717) is 0 Å². The molecule has 0 atom stereocenters. The van der Waals surface area contributed by atoms with Crippen molar-refractivity contribution in [2.45, 2.75) is 0 Å². The van der Waals surface area contributed by atoms with Crippen LogP contribution >= 0.6 is 0 Å². The number of carboxylic acid groups (broad SMARTS) is 1. The molecular formula is C11H7O2. The van der Waals surface area contributed by atoms with Crippen LogP contribution in [0.25, 0.3) is 10.8 Å². The summed E-state index contributed by atoms with van der Waals surface area (Å²) in [6.07, 6.45) is 0. The molecule has 0 amide bonds. The highest BCUT2D eigenvalue weighted by Crippen LogP contribution is 2.14. The maximum Gasteiger partial charge on any atom is 0.335 e. The predicted octanol–water partition coefficient (Wildman–Crippen LogP) is 2.34. The molecule has 1 radical (unpaired) electrons. The van der Waals surface area contributed by atoms with Crippen LogP contribution in [0.15, 0.2) is 36.4 Å². The fourth-order valence-electron chi connectivity index (χ4n) is 1.24. The minimum atomic E-state index is -0.915. The van der Waals surface area contributed by atoms with Gasteiger partial charge in [0.15, 0.2) is 0 Å². The summed E-state index contributed by atoms with van der Waals surface area (Å²) in [4.78, 5) is 10.6. The fraction of sp³-hybridized carbons (Fsp3) is 0. The lowest BCUT2D eigenvalue weighted by Crippen LogP contribution is -1.94. The van der Waals surface area contributed by atoms with E-state index >= 15 is 0 Å². The van der Waals surface area contributed by atoms with Crippen molar-refractivity contribution in [1.82, 2.24) is 0 Å². The Morgan fingerprint density at radius 3 is 2.85 bits per heavy atom. The molecule has 2 rings (SSSR count). The molecule has 2 aromatic rings. The zero-order chi connectivity index (χ0) is 9.26. The van der Waals surface area contributed by atoms with Crippen molar-refractivity contribution in [3.63, 3.8) is 0 Å². The van der Waals surface area contributed by atoms with Crippen LogP contribution in [0.1, 0.15) is 10.4 Å². The van der Waals surface area contributed by atoms with E-state index in [0.717, 1.165) is 10.8 Å². The molecule has 0 saturated carbocycles. The van der Waals surface area contributed by atoms with E-state index in [9.17, 15) is 4.79 Å². The molecule has 2 nitrogen and oxygen atoms in total. The van der Waals surface area contributed by atoms with Gasteiger partial charge in [-0.3, -0.25) is 0 Å². The number of carbonyl (C=O) groups is 1. The van der Waals surface area contributed by atoms with Gasteiger partial charge in [-0.2, -0.15) is 0 Å². The van der Waals surface area contributed by atoms with Crippen molar-refractivity contribution in [2.75, 3.05) is 0 Å². The van der Waals surface area contributed by atoms with Gasteiger partial charge in [-0.1, -0.05) is 24.3 Å². The number of benzene rings is 2. The highest BCUT2D eigenvalue weighted by atomic mass is 16.4. The van der Waals surface area contributed by atoms with Crippen molar-refractivity contribution >= 4 is 16.7 Å². The molecule has 0 aliphatic rings. The quantitative estimate of drug-likeness (QED) is 0.715. The van der Waals surface area contributed by atoms with E-state index in [1.165, 1.54) is 6.07 Å². The Hall–Kier alpha value is -1.83. The first-order valence-corrected chi connectivity index (χ1v) is 3.91. The predicted molar refractivity (Wildman–Crippen MR) is 49.7 cm³/mol. The Balaban J connectivity index is 2.69. The largest absolute Gasteiger partial charge is 0.478 e. The Morgan fingerprint density at radius 2 is 2.08 bits per heavy atom. The van der Waals surface area contributed by atoms with Gasteiger partial charge in [0.1, 0.15) is 0 Å². The molecule has 2 aromatic carbocycles. The Bertz CT molecular complexity index is 460. The second kappa shape index (κ2) is 2.90. The molecule has 13 heavy (non-hydrogen) atoms. The van der Waals surface area contributed by atoms with Crippen LogP contribution in [0.3, 0.4) is 0 Å². The molecular weight excluding hydrogens is 164 g/mol. The number of hydrogen-bond donors (Lipinski definition) is 1. The molecule has 0 spiro atoms. The highest BCUT2D eigenvalue weighted by molar-refractivity contribution is 5.93. The fourth-order valence-corrected chi connectivity index (χ4v) is 1.24. The van der Waals surface area contributed by atoms with Crippen LogP contribution in [0.5, 0.6) is 0 Å². The average molecular weight is 171 g/mol. The molecule has 0 saturated heterocycles. The number of fused-ring (bicyclic) bond motifs is 1. The average Bonchev–Trinajstić information content (AvgIpc) is 2.17. The van der Waals surface area contributed by atoms with E-state index in [-0.39, 0.29) is 5.56 Å². The van der Waals surface area contributed by atoms with Gasteiger partial charge in [0, 0.05) is 0 Å². The van der Waals surface area contributed by atoms with Crippen LogP contribution < -0.4 is 0 Å². The van der Waals surface area contributed by atoms with E-state index in [1.54, 1.807) is 6.07 Å². The zero-order valence-electron chi connectivity index (χ0n) is 6.82. The second-order valence-corrected chi connectivity index (χ2v) is 2.78. The Morgan fingerprint density at radius 1 is 1.31 bits per heavy atom. The molecule has 0 unspecified atom stereocenters. The maximum atomic E-state index is 10.6. The van der Waals surface area contributed by atoms with Crippen LogP contribution in [0.2, 0.25) is 0 Å². The first-order valence-electron chi connectivity index (χ1n) is 3.91. The molecule has 0 aromatic heterocycles. The van der Waals surface area contributed by atoms with Crippen molar-refractivity contribution in [1.29, 1.82) is 0 Å². The first-order chi connectivity index (χ1) is 6.27. The van der Waals surface area contributed by atoms with Crippen molar-refractivity contribution in [3.8, 4) is 0 Å². The van der Waals surface area contributed by atoms with E-state index in [2.05, 4.69) is 6.07 Å². The topological polar surface area (TPSA) is 37.3 Å². The molecule has 0 fully saturated rings. The van der Waals surface area contributed by atoms with Crippen LogP contribution in [0, 0.1) is 6.07 Å². The molecule has 63 valence electrons. The summed E-state index contributed by atoms with van der Waals surface area (Å²) in [5, 5.41) is 10.6. The Labute approximate surface area is 75.4 Å². The first kappa shape index (κ1) is 7.80. The summed E-state index contributed by atoms with van der Waals surface area (Å²) in [7, 11) is 0. The van der Waals surface area contributed by atoms with Crippen molar-refractivity contribution in [3.05, 3.63) is 48.0 Å². The third-order valence-electron chi connectivity index (χ3n) is 1.90. The molecule has 1 N–H and O–H groups in total. The molecule has 0 aliphatic heterocycles. The molecule has 0 heterocycles. The SMILES string of the molecule is O=C(O)c1c[c]c2ccccc2c1. The van der Waals surface area contributed by atoms with E-state index in [1.807, 2.05) is 24.3 Å². The van der Waals surface area contributed by atoms with Gasteiger partial charge in [-0.05, 0) is 29.0 Å². The summed E-state index contributed by atoms with van der Waals surface area (Å²) in [6, 6.07) is 13.6. The summed E-state index contributed by atoms with van der Waals surface area (Å²) < 4.78 is 0. The standard InChI is InChI=1S/C11H7O2/c12-11(13)10-6-5-8-3-1-2-4-9(8)7-10/h1-4,6-7H,(H,12,13). The maximum absolute atomic E-state index is 10.6. The highest BCUT2D eigenvalue weighted by Gasteiger charge is 2.02. The van der Waals surface area contributed by atoms with Gasteiger partial charge >= 0.3 is 5.97 Å². The van der Waals surface area contributed by atoms with Gasteiger partial charge < -0.3 is 5.11 Å². The molecule has 2 heteroatoms. The van der Waals surface area contributed by atoms with Gasteiger partial charge in [0.05, 0.1) is 5.56 Å².